The number of nitrogens with two attached hydrogens (primary N) is 1. The monoisotopic (exact) mass is 353 g/mol. The lowest BCUT2D eigenvalue weighted by Crippen LogP contribution is -2.21. The number of nitro groups is 1. The van der Waals surface area contributed by atoms with Crippen LogP contribution in [0.15, 0.2) is 15.7 Å². The largest absolute Gasteiger partial charge is 0.378 e. The van der Waals surface area contributed by atoms with Gasteiger partial charge in [0.15, 0.2) is 9.50 Å². The van der Waals surface area contributed by atoms with Crippen molar-refractivity contribution >= 4 is 39.7 Å². The quantitative estimate of drug-likeness (QED) is 0.472. The molecule has 0 spiro atoms. The Hall–Kier alpha value is -2.01. The summed E-state index contributed by atoms with van der Waals surface area (Å²) in [5.41, 5.74) is 5.25. The summed E-state index contributed by atoms with van der Waals surface area (Å²) in [5.74, 6) is -0.155. The summed E-state index contributed by atoms with van der Waals surface area (Å²) < 4.78 is 0.663. The number of nitrogen functional groups attached to an aromatic ring is 1. The maximum Gasteiger partial charge on any atom is 0.329 e. The molecule has 3 N–H and O–H groups in total. The highest BCUT2D eigenvalue weighted by Gasteiger charge is 2.18. The van der Waals surface area contributed by atoms with Gasteiger partial charge >= 0.3 is 5.69 Å². The molecule has 0 radical (unpaired) electrons. The summed E-state index contributed by atoms with van der Waals surface area (Å²) in [5, 5.41) is 23.4. The van der Waals surface area contributed by atoms with Crippen LogP contribution in [-0.2, 0) is 0 Å². The van der Waals surface area contributed by atoms with E-state index >= 15 is 0 Å². The molecule has 9 nitrogen and oxygen atoms in total. The van der Waals surface area contributed by atoms with Crippen molar-refractivity contribution in [3.63, 3.8) is 0 Å². The number of nitrogens with one attached hydrogen (secondary N) is 1. The fourth-order valence-electron chi connectivity index (χ4n) is 2.37. The number of anilines is 2. The lowest BCUT2D eigenvalue weighted by molar-refractivity contribution is -0.384. The highest BCUT2D eigenvalue weighted by molar-refractivity contribution is 8.00. The average Bonchev–Trinajstić information content (AvgIpc) is 2.95. The zero-order valence-corrected chi connectivity index (χ0v) is 13.8. The first-order chi connectivity index (χ1) is 11.1. The molecule has 11 heteroatoms. The summed E-state index contributed by atoms with van der Waals surface area (Å²) in [7, 11) is 0. The molecule has 1 aliphatic rings. The third-order valence-electron chi connectivity index (χ3n) is 3.49. The molecule has 2 aromatic rings. The molecule has 1 fully saturated rings. The second-order valence-electron chi connectivity index (χ2n) is 5.13. The van der Waals surface area contributed by atoms with Gasteiger partial charge in [-0.05, 0) is 24.6 Å². The van der Waals surface area contributed by atoms with Crippen molar-refractivity contribution < 1.29 is 4.92 Å². The number of aromatic nitrogens is 4. The first-order valence-corrected chi connectivity index (χ1v) is 8.80. The van der Waals surface area contributed by atoms with Gasteiger partial charge < -0.3 is 11.1 Å². The SMILES string of the molecule is Nc1nc(Sc2nnc(NC3CCCCC3)s2)ncc1[N+](=O)[O-]. The van der Waals surface area contributed by atoms with E-state index in [9.17, 15) is 10.1 Å². The van der Waals surface area contributed by atoms with Crippen LogP contribution in [-0.4, -0.2) is 31.1 Å². The molecular weight excluding hydrogens is 338 g/mol. The number of hydrogen-bond acceptors (Lipinski definition) is 10. The maximum absolute atomic E-state index is 10.7. The van der Waals surface area contributed by atoms with Gasteiger partial charge in [-0.2, -0.15) is 4.98 Å². The van der Waals surface area contributed by atoms with Crippen molar-refractivity contribution in [3.05, 3.63) is 16.3 Å². The zero-order valence-electron chi connectivity index (χ0n) is 12.1. The van der Waals surface area contributed by atoms with Crippen molar-refractivity contribution in [1.82, 2.24) is 20.2 Å². The van der Waals surface area contributed by atoms with Crippen molar-refractivity contribution in [2.24, 2.45) is 0 Å². The van der Waals surface area contributed by atoms with Crippen LogP contribution in [0.25, 0.3) is 0 Å². The molecule has 23 heavy (non-hydrogen) atoms. The van der Waals surface area contributed by atoms with Crippen LogP contribution in [0, 0.1) is 10.1 Å². The van der Waals surface area contributed by atoms with Gasteiger partial charge in [0.05, 0.1) is 4.92 Å². The Bertz CT molecular complexity index is 702. The minimum atomic E-state index is -0.610. The van der Waals surface area contributed by atoms with Gasteiger partial charge in [-0.15, -0.1) is 10.2 Å². The van der Waals surface area contributed by atoms with Crippen LogP contribution in [0.5, 0.6) is 0 Å². The summed E-state index contributed by atoms with van der Waals surface area (Å²) in [4.78, 5) is 17.9. The Morgan fingerprint density at radius 3 is 2.83 bits per heavy atom. The molecule has 0 atom stereocenters. The van der Waals surface area contributed by atoms with Gasteiger partial charge in [0.25, 0.3) is 0 Å². The van der Waals surface area contributed by atoms with E-state index in [0.29, 0.717) is 15.5 Å². The smallest absolute Gasteiger partial charge is 0.329 e. The summed E-state index contributed by atoms with van der Waals surface area (Å²) in [6, 6.07) is 0.459. The molecule has 0 aromatic carbocycles. The van der Waals surface area contributed by atoms with Gasteiger partial charge in [0.1, 0.15) is 6.20 Å². The van der Waals surface area contributed by atoms with Crippen LogP contribution in [0.1, 0.15) is 32.1 Å². The first-order valence-electron chi connectivity index (χ1n) is 7.16. The molecule has 2 heterocycles. The second kappa shape index (κ2) is 7.04. The van der Waals surface area contributed by atoms with Gasteiger partial charge in [0, 0.05) is 6.04 Å². The van der Waals surface area contributed by atoms with E-state index in [1.165, 1.54) is 42.4 Å². The van der Waals surface area contributed by atoms with E-state index in [0.717, 1.165) is 24.2 Å². The van der Waals surface area contributed by atoms with Crippen LogP contribution in [0.3, 0.4) is 0 Å². The Kier molecular flexibility index (Phi) is 4.86. The Labute approximate surface area is 140 Å². The van der Waals surface area contributed by atoms with Gasteiger partial charge in [-0.3, -0.25) is 10.1 Å². The summed E-state index contributed by atoms with van der Waals surface area (Å²) >= 11 is 2.60. The van der Waals surface area contributed by atoms with Crippen molar-refractivity contribution in [2.45, 2.75) is 47.6 Å². The van der Waals surface area contributed by atoms with E-state index in [2.05, 4.69) is 25.5 Å². The molecule has 0 amide bonds. The molecule has 2 aromatic heterocycles. The normalized spacial score (nSPS) is 15.5. The fourth-order valence-corrected chi connectivity index (χ4v) is 4.04. The summed E-state index contributed by atoms with van der Waals surface area (Å²) in [6.45, 7) is 0. The van der Waals surface area contributed by atoms with Crippen LogP contribution >= 0.6 is 23.1 Å². The standard InChI is InChI=1S/C12H15N7O2S2/c13-9-8(19(20)21)6-14-10(16-9)22-12-18-17-11(23-12)15-7-4-2-1-3-5-7/h6-7H,1-5H2,(H,15,17)(H2,13,14,16). The highest BCUT2D eigenvalue weighted by Crippen LogP contribution is 2.32. The number of rotatable bonds is 5. The highest BCUT2D eigenvalue weighted by atomic mass is 32.2. The topological polar surface area (TPSA) is 133 Å². The maximum atomic E-state index is 10.7. The molecule has 0 unspecified atom stereocenters. The lowest BCUT2D eigenvalue weighted by Gasteiger charge is -2.21. The van der Waals surface area contributed by atoms with Crippen molar-refractivity contribution in [3.8, 4) is 0 Å². The second-order valence-corrected chi connectivity index (χ2v) is 7.33. The average molecular weight is 353 g/mol. The molecule has 1 saturated carbocycles. The lowest BCUT2D eigenvalue weighted by atomic mass is 9.96. The molecule has 0 saturated heterocycles. The molecule has 122 valence electrons. The van der Waals surface area contributed by atoms with Gasteiger partial charge in [-0.1, -0.05) is 30.6 Å². The van der Waals surface area contributed by atoms with E-state index in [1.807, 2.05) is 0 Å². The minimum absolute atomic E-state index is 0.155. The Morgan fingerprint density at radius 2 is 2.13 bits per heavy atom. The third-order valence-corrected chi connectivity index (χ3v) is 5.27. The van der Waals surface area contributed by atoms with E-state index in [4.69, 9.17) is 5.73 Å². The van der Waals surface area contributed by atoms with Crippen LogP contribution < -0.4 is 11.1 Å². The number of hydrogen-bond donors (Lipinski definition) is 2. The molecule has 0 aliphatic heterocycles. The van der Waals surface area contributed by atoms with E-state index < -0.39 is 4.92 Å². The van der Waals surface area contributed by atoms with E-state index in [-0.39, 0.29) is 11.5 Å². The van der Waals surface area contributed by atoms with E-state index in [1.54, 1.807) is 0 Å². The minimum Gasteiger partial charge on any atom is -0.378 e. The van der Waals surface area contributed by atoms with Gasteiger partial charge in [0.2, 0.25) is 10.9 Å². The van der Waals surface area contributed by atoms with Crippen molar-refractivity contribution in [1.29, 1.82) is 0 Å². The third kappa shape index (κ3) is 4.05. The Balaban J connectivity index is 1.64. The van der Waals surface area contributed by atoms with Crippen LogP contribution in [0.4, 0.5) is 16.6 Å². The summed E-state index contributed by atoms with van der Waals surface area (Å²) in [6.07, 6.45) is 7.21. The molecule has 3 rings (SSSR count). The van der Waals surface area contributed by atoms with Crippen molar-refractivity contribution in [2.75, 3.05) is 11.1 Å². The predicted molar refractivity (Wildman–Crippen MR) is 87.6 cm³/mol. The number of nitrogens with zero attached hydrogens (tertiary/aromatic N) is 5. The zero-order chi connectivity index (χ0) is 16.2. The fraction of sp³-hybridized carbons (Fsp3) is 0.500. The van der Waals surface area contributed by atoms with Gasteiger partial charge in [-0.25, -0.2) is 4.98 Å². The predicted octanol–water partition coefficient (Wildman–Crippen LogP) is 2.71. The molecule has 0 bridgehead atoms. The molecule has 1 aliphatic carbocycles. The molecular formula is C12H15N7O2S2. The first kappa shape index (κ1) is 15.9. The Morgan fingerprint density at radius 1 is 1.35 bits per heavy atom. The van der Waals surface area contributed by atoms with Crippen LogP contribution in [0.2, 0.25) is 0 Å².